The first-order valence-corrected chi connectivity index (χ1v) is 9.67. The Morgan fingerprint density at radius 2 is 1.93 bits per heavy atom. The average molecular weight is 421 g/mol. The van der Waals surface area contributed by atoms with E-state index in [4.69, 9.17) is 11.6 Å². The van der Waals surface area contributed by atoms with Crippen molar-refractivity contribution in [1.29, 1.82) is 0 Å². The number of thiophene rings is 1. The Bertz CT molecular complexity index is 1040. The molecule has 0 spiro atoms. The number of nitrogens with one attached hydrogen (secondary N) is 2. The highest BCUT2D eigenvalue weighted by Gasteiger charge is 2.18. The van der Waals surface area contributed by atoms with Gasteiger partial charge in [0.2, 0.25) is 0 Å². The van der Waals surface area contributed by atoms with Gasteiger partial charge in [-0.05, 0) is 50.6 Å². The molecule has 0 fully saturated rings. The van der Waals surface area contributed by atoms with E-state index in [1.165, 1.54) is 6.07 Å². The van der Waals surface area contributed by atoms with Gasteiger partial charge in [-0.25, -0.2) is 9.07 Å². The van der Waals surface area contributed by atoms with Crippen LogP contribution in [0.1, 0.15) is 45.5 Å². The van der Waals surface area contributed by atoms with E-state index in [0.717, 1.165) is 29.0 Å². The first-order valence-electron chi connectivity index (χ1n) is 8.48. The first-order chi connectivity index (χ1) is 13.3. The van der Waals surface area contributed by atoms with Gasteiger partial charge in [0.15, 0.2) is 0 Å². The maximum absolute atomic E-state index is 13.2. The molecule has 0 atom stereocenters. The highest BCUT2D eigenvalue weighted by Crippen LogP contribution is 2.29. The maximum Gasteiger partial charge on any atom is 0.267 e. The number of rotatable bonds is 5. The second-order valence-corrected chi connectivity index (χ2v) is 7.87. The van der Waals surface area contributed by atoms with Crippen LogP contribution >= 0.6 is 22.9 Å². The number of carbonyl (C=O) groups excluding carboxylic acids is 2. The quantitative estimate of drug-likeness (QED) is 0.600. The summed E-state index contributed by atoms with van der Waals surface area (Å²) in [6.45, 7) is 5.71. The summed E-state index contributed by atoms with van der Waals surface area (Å²) in [6, 6.07) is 7.08. The summed E-state index contributed by atoms with van der Waals surface area (Å²) in [6.07, 6.45) is 1.62. The molecule has 28 heavy (non-hydrogen) atoms. The van der Waals surface area contributed by atoms with E-state index in [2.05, 4.69) is 15.7 Å². The summed E-state index contributed by atoms with van der Waals surface area (Å²) in [4.78, 5) is 25.5. The van der Waals surface area contributed by atoms with E-state index in [0.29, 0.717) is 15.7 Å². The van der Waals surface area contributed by atoms with Crippen LogP contribution < -0.4 is 10.6 Å². The van der Waals surface area contributed by atoms with Crippen molar-refractivity contribution in [3.05, 3.63) is 63.4 Å². The van der Waals surface area contributed by atoms with Crippen LogP contribution in [0.5, 0.6) is 0 Å². The molecule has 0 radical (unpaired) electrons. The molecule has 0 saturated heterocycles. The molecular formula is C19H18ClFN4O2S. The summed E-state index contributed by atoms with van der Waals surface area (Å²) in [5, 5.41) is 10.2. The maximum atomic E-state index is 13.2. The van der Waals surface area contributed by atoms with Crippen LogP contribution in [0.25, 0.3) is 0 Å². The van der Waals surface area contributed by atoms with E-state index in [-0.39, 0.29) is 22.5 Å². The van der Waals surface area contributed by atoms with E-state index in [1.54, 1.807) is 29.9 Å². The van der Waals surface area contributed by atoms with E-state index >= 15 is 0 Å². The van der Waals surface area contributed by atoms with Crippen molar-refractivity contribution in [2.45, 2.75) is 26.8 Å². The number of amides is 2. The van der Waals surface area contributed by atoms with Gasteiger partial charge in [0.1, 0.15) is 11.6 Å². The third-order valence-corrected chi connectivity index (χ3v) is 5.40. The number of aromatic nitrogens is 2. The molecule has 0 aliphatic rings. The number of aryl methyl sites for hydroxylation is 1. The molecule has 1 aromatic carbocycles. The molecular weight excluding hydrogens is 403 g/mol. The van der Waals surface area contributed by atoms with E-state index in [9.17, 15) is 14.0 Å². The zero-order chi connectivity index (χ0) is 20.4. The highest BCUT2D eigenvalue weighted by atomic mass is 35.5. The van der Waals surface area contributed by atoms with E-state index < -0.39 is 11.7 Å². The molecule has 0 unspecified atom stereocenters. The van der Waals surface area contributed by atoms with Crippen LogP contribution in [0.4, 0.5) is 15.2 Å². The highest BCUT2D eigenvalue weighted by molar-refractivity contribution is 7.18. The third kappa shape index (κ3) is 4.23. The van der Waals surface area contributed by atoms with Gasteiger partial charge in [-0.2, -0.15) is 5.10 Å². The zero-order valence-electron chi connectivity index (χ0n) is 15.4. The third-order valence-electron chi connectivity index (χ3n) is 3.94. The molecule has 2 heterocycles. The van der Waals surface area contributed by atoms with Crippen LogP contribution in [0.15, 0.2) is 36.5 Å². The number of nitrogens with zero attached hydrogens (tertiary/aromatic N) is 2. The van der Waals surface area contributed by atoms with Crippen LogP contribution in [0, 0.1) is 12.7 Å². The number of benzene rings is 1. The lowest BCUT2D eigenvalue weighted by atomic mass is 10.2. The molecule has 3 rings (SSSR count). The fourth-order valence-corrected chi connectivity index (χ4v) is 3.84. The molecule has 0 bridgehead atoms. The Kier molecular flexibility index (Phi) is 5.81. The largest absolute Gasteiger partial charge is 0.313 e. The normalized spacial score (nSPS) is 10.9. The summed E-state index contributed by atoms with van der Waals surface area (Å²) in [5.41, 5.74) is 0.875. The molecule has 146 valence electrons. The van der Waals surface area contributed by atoms with Gasteiger partial charge in [-0.15, -0.1) is 11.3 Å². The topological polar surface area (TPSA) is 76.0 Å². The predicted molar refractivity (Wildman–Crippen MR) is 109 cm³/mol. The summed E-state index contributed by atoms with van der Waals surface area (Å²) >= 11 is 7.07. The zero-order valence-corrected chi connectivity index (χ0v) is 17.0. The van der Waals surface area contributed by atoms with Crippen molar-refractivity contribution >= 4 is 45.6 Å². The lowest BCUT2D eigenvalue weighted by Gasteiger charge is -2.11. The first kappa shape index (κ1) is 20.0. The smallest absolute Gasteiger partial charge is 0.267 e. The average Bonchev–Trinajstić information content (AvgIpc) is 3.21. The molecule has 6 nitrogen and oxygen atoms in total. The van der Waals surface area contributed by atoms with E-state index in [1.807, 2.05) is 13.8 Å². The Hall–Kier alpha value is -2.71. The predicted octanol–water partition coefficient (Wildman–Crippen LogP) is 5.13. The van der Waals surface area contributed by atoms with Gasteiger partial charge in [0.05, 0.1) is 26.7 Å². The molecule has 0 aliphatic carbocycles. The minimum atomic E-state index is -0.520. The Morgan fingerprint density at radius 3 is 2.61 bits per heavy atom. The molecule has 9 heteroatoms. The SMILES string of the molecule is Cc1cc(NC(=O)c2ccc(F)cc2Cl)sc1C(=O)Nc1ccnn1C(C)C. The monoisotopic (exact) mass is 420 g/mol. The Morgan fingerprint density at radius 1 is 1.18 bits per heavy atom. The second kappa shape index (κ2) is 8.12. The number of anilines is 2. The second-order valence-electron chi connectivity index (χ2n) is 6.41. The fraction of sp³-hybridized carbons (Fsp3) is 0.211. The fourth-order valence-electron chi connectivity index (χ4n) is 2.62. The van der Waals surface area contributed by atoms with Crippen LogP contribution in [-0.2, 0) is 0 Å². The number of halogens is 2. The molecule has 0 aliphatic heterocycles. The van der Waals surface area contributed by atoms with Crippen molar-refractivity contribution in [3.8, 4) is 0 Å². The minimum Gasteiger partial charge on any atom is -0.313 e. The molecule has 2 aromatic heterocycles. The number of hydrogen-bond acceptors (Lipinski definition) is 4. The summed E-state index contributed by atoms with van der Waals surface area (Å²) < 4.78 is 14.9. The van der Waals surface area contributed by atoms with Gasteiger partial charge in [-0.3, -0.25) is 9.59 Å². The summed E-state index contributed by atoms with van der Waals surface area (Å²) in [5.74, 6) is -0.689. The molecule has 3 aromatic rings. The van der Waals surface area contributed by atoms with Crippen LogP contribution in [0.2, 0.25) is 5.02 Å². The Labute approximate surface area is 170 Å². The van der Waals surface area contributed by atoms with Gasteiger partial charge in [0.25, 0.3) is 11.8 Å². The standard InChI is InChI=1S/C19H18ClFN4O2S/c1-10(2)25-15(6-7-22-25)23-19(27)17-11(3)8-16(28-17)24-18(26)13-5-4-12(21)9-14(13)20/h4-10H,1-3H3,(H,23,27)(H,24,26). The molecule has 2 amide bonds. The number of hydrogen-bond donors (Lipinski definition) is 2. The van der Waals surface area contributed by atoms with Crippen molar-refractivity contribution < 1.29 is 14.0 Å². The molecule has 2 N–H and O–H groups in total. The Balaban J connectivity index is 1.76. The van der Waals surface area contributed by atoms with Gasteiger partial charge in [-0.1, -0.05) is 11.6 Å². The van der Waals surface area contributed by atoms with Gasteiger partial charge in [0, 0.05) is 12.1 Å². The molecule has 0 saturated carbocycles. The van der Waals surface area contributed by atoms with Gasteiger partial charge < -0.3 is 10.6 Å². The van der Waals surface area contributed by atoms with Crippen molar-refractivity contribution in [2.75, 3.05) is 10.6 Å². The van der Waals surface area contributed by atoms with Crippen molar-refractivity contribution in [3.63, 3.8) is 0 Å². The lowest BCUT2D eigenvalue weighted by Crippen LogP contribution is -2.16. The van der Waals surface area contributed by atoms with Crippen molar-refractivity contribution in [1.82, 2.24) is 9.78 Å². The number of carbonyl (C=O) groups is 2. The summed E-state index contributed by atoms with van der Waals surface area (Å²) in [7, 11) is 0. The van der Waals surface area contributed by atoms with Crippen LogP contribution in [0.3, 0.4) is 0 Å². The lowest BCUT2D eigenvalue weighted by molar-refractivity contribution is 0.101. The van der Waals surface area contributed by atoms with Gasteiger partial charge >= 0.3 is 0 Å². The van der Waals surface area contributed by atoms with Crippen LogP contribution in [-0.4, -0.2) is 21.6 Å². The van der Waals surface area contributed by atoms with Crippen molar-refractivity contribution in [2.24, 2.45) is 0 Å². The minimum absolute atomic E-state index is 0.0192.